The average Bonchev–Trinajstić information content (AvgIpc) is 3.10. The first kappa shape index (κ1) is 13.1. The Morgan fingerprint density at radius 1 is 1.33 bits per heavy atom. The van der Waals surface area contributed by atoms with Crippen molar-refractivity contribution in [2.45, 2.75) is 32.0 Å². The largest absolute Gasteiger partial charge is 0.482 e. The molecule has 0 radical (unpaired) electrons. The van der Waals surface area contributed by atoms with Crippen LogP contribution in [0.3, 0.4) is 0 Å². The van der Waals surface area contributed by atoms with Crippen molar-refractivity contribution in [2.75, 3.05) is 11.9 Å². The number of nitrogens with one attached hydrogen (secondary N) is 1. The van der Waals surface area contributed by atoms with Crippen LogP contribution in [-0.2, 0) is 0 Å². The van der Waals surface area contributed by atoms with Crippen molar-refractivity contribution in [3.05, 3.63) is 24.3 Å². The second-order valence-corrected chi connectivity index (χ2v) is 4.67. The summed E-state index contributed by atoms with van der Waals surface area (Å²) in [7, 11) is 0. The number of benzene rings is 1. The van der Waals surface area contributed by atoms with Crippen LogP contribution in [0.5, 0.6) is 5.75 Å². The summed E-state index contributed by atoms with van der Waals surface area (Å²) in [4.78, 5) is 0. The number of halogens is 3. The highest BCUT2D eigenvalue weighted by Crippen LogP contribution is 2.35. The third kappa shape index (κ3) is 3.82. The van der Waals surface area contributed by atoms with Crippen LogP contribution in [0.1, 0.15) is 19.8 Å². The van der Waals surface area contributed by atoms with Gasteiger partial charge in [-0.1, -0.05) is 12.1 Å². The Morgan fingerprint density at radius 3 is 2.61 bits per heavy atom. The lowest BCUT2D eigenvalue weighted by Crippen LogP contribution is -2.21. The molecule has 1 unspecified atom stereocenters. The lowest BCUT2D eigenvalue weighted by atomic mass is 10.2. The van der Waals surface area contributed by atoms with E-state index in [0.29, 0.717) is 11.6 Å². The molecular weight excluding hydrogens is 243 g/mol. The van der Waals surface area contributed by atoms with E-state index in [1.54, 1.807) is 24.3 Å². The molecule has 5 heteroatoms. The van der Waals surface area contributed by atoms with Crippen molar-refractivity contribution in [1.82, 2.24) is 0 Å². The van der Waals surface area contributed by atoms with Gasteiger partial charge >= 0.3 is 6.18 Å². The van der Waals surface area contributed by atoms with Crippen LogP contribution in [0.15, 0.2) is 24.3 Å². The molecule has 0 aromatic heterocycles. The van der Waals surface area contributed by atoms with Crippen molar-refractivity contribution in [2.24, 2.45) is 5.92 Å². The Kier molecular flexibility index (Phi) is 3.68. The fourth-order valence-electron chi connectivity index (χ4n) is 1.83. The van der Waals surface area contributed by atoms with E-state index in [0.717, 1.165) is 0 Å². The third-order valence-electron chi connectivity index (χ3n) is 2.99. The maximum Gasteiger partial charge on any atom is 0.422 e. The van der Waals surface area contributed by atoms with Crippen LogP contribution in [0.4, 0.5) is 18.9 Å². The minimum absolute atomic E-state index is 0.252. The molecule has 0 heterocycles. The molecule has 0 aliphatic heterocycles. The van der Waals surface area contributed by atoms with Crippen LogP contribution in [0, 0.1) is 5.92 Å². The highest BCUT2D eigenvalue weighted by molar-refractivity contribution is 5.56. The van der Waals surface area contributed by atoms with E-state index in [4.69, 9.17) is 4.74 Å². The predicted molar refractivity (Wildman–Crippen MR) is 63.8 cm³/mol. The first-order valence-corrected chi connectivity index (χ1v) is 6.01. The lowest BCUT2D eigenvalue weighted by molar-refractivity contribution is -0.153. The molecule has 1 aromatic carbocycles. The van der Waals surface area contributed by atoms with Gasteiger partial charge in [0, 0.05) is 6.04 Å². The van der Waals surface area contributed by atoms with E-state index in [2.05, 4.69) is 5.32 Å². The molecule has 1 fully saturated rings. The van der Waals surface area contributed by atoms with Gasteiger partial charge in [-0.2, -0.15) is 13.2 Å². The van der Waals surface area contributed by atoms with Crippen LogP contribution < -0.4 is 10.1 Å². The molecule has 0 amide bonds. The molecule has 0 spiro atoms. The summed E-state index contributed by atoms with van der Waals surface area (Å²) in [6, 6.07) is 7.00. The van der Waals surface area contributed by atoms with Crippen LogP contribution in [-0.4, -0.2) is 18.8 Å². The molecule has 1 atom stereocenters. The fourth-order valence-corrected chi connectivity index (χ4v) is 1.83. The molecule has 1 saturated carbocycles. The van der Waals surface area contributed by atoms with Crippen molar-refractivity contribution in [3.63, 3.8) is 0 Å². The number of rotatable bonds is 5. The fraction of sp³-hybridized carbons (Fsp3) is 0.538. The molecule has 1 aliphatic carbocycles. The highest BCUT2D eigenvalue weighted by Gasteiger charge is 2.30. The SMILES string of the molecule is CC(Nc1ccccc1OCC(F)(F)F)C1CC1. The number of anilines is 1. The normalized spacial score (nSPS) is 17.3. The van der Waals surface area contributed by atoms with E-state index in [1.807, 2.05) is 6.92 Å². The molecule has 0 saturated heterocycles. The molecule has 2 nitrogen and oxygen atoms in total. The van der Waals surface area contributed by atoms with Crippen LogP contribution >= 0.6 is 0 Å². The first-order valence-electron chi connectivity index (χ1n) is 6.01. The minimum atomic E-state index is -4.31. The summed E-state index contributed by atoms with van der Waals surface area (Å²) in [5, 5.41) is 3.22. The highest BCUT2D eigenvalue weighted by atomic mass is 19.4. The quantitative estimate of drug-likeness (QED) is 0.867. The van der Waals surface area contributed by atoms with Gasteiger partial charge < -0.3 is 10.1 Å². The standard InChI is InChI=1S/C13H16F3NO/c1-9(10-6-7-10)17-11-4-2-3-5-12(11)18-8-13(14,15)16/h2-5,9-10,17H,6-8H2,1H3. The molecule has 100 valence electrons. The summed E-state index contributed by atoms with van der Waals surface area (Å²) in [6.45, 7) is 0.779. The predicted octanol–water partition coefficient (Wildman–Crippen LogP) is 3.84. The van der Waals surface area contributed by atoms with E-state index in [9.17, 15) is 13.2 Å². The average molecular weight is 259 g/mol. The van der Waals surface area contributed by atoms with Crippen molar-refractivity contribution >= 4 is 5.69 Å². The van der Waals surface area contributed by atoms with Crippen molar-refractivity contribution < 1.29 is 17.9 Å². The second kappa shape index (κ2) is 5.08. The second-order valence-electron chi connectivity index (χ2n) is 4.67. The topological polar surface area (TPSA) is 21.3 Å². The summed E-state index contributed by atoms with van der Waals surface area (Å²) in [5.41, 5.74) is 0.626. The van der Waals surface area contributed by atoms with Gasteiger partial charge in [-0.25, -0.2) is 0 Å². The van der Waals surface area contributed by atoms with Gasteiger partial charge in [0.25, 0.3) is 0 Å². The monoisotopic (exact) mass is 259 g/mol. The molecule has 0 bridgehead atoms. The number of para-hydroxylation sites is 2. The van der Waals surface area contributed by atoms with Gasteiger partial charge in [0.05, 0.1) is 5.69 Å². The van der Waals surface area contributed by atoms with Crippen LogP contribution in [0.2, 0.25) is 0 Å². The Hall–Kier alpha value is -1.39. The summed E-state index contributed by atoms with van der Waals surface area (Å²) >= 11 is 0. The maximum absolute atomic E-state index is 12.1. The van der Waals surface area contributed by atoms with Gasteiger partial charge in [-0.3, -0.25) is 0 Å². The van der Waals surface area contributed by atoms with Gasteiger partial charge in [0.15, 0.2) is 6.61 Å². The lowest BCUT2D eigenvalue weighted by Gasteiger charge is -2.18. The van der Waals surface area contributed by atoms with Gasteiger partial charge in [0.1, 0.15) is 5.75 Å². The molecule has 2 rings (SSSR count). The van der Waals surface area contributed by atoms with E-state index in [-0.39, 0.29) is 11.8 Å². The summed E-state index contributed by atoms with van der Waals surface area (Å²) in [6.07, 6.45) is -1.95. The Balaban J connectivity index is 2.00. The van der Waals surface area contributed by atoms with E-state index < -0.39 is 12.8 Å². The van der Waals surface area contributed by atoms with Crippen LogP contribution in [0.25, 0.3) is 0 Å². The molecule has 1 aliphatic rings. The minimum Gasteiger partial charge on any atom is -0.482 e. The van der Waals surface area contributed by atoms with E-state index in [1.165, 1.54) is 12.8 Å². The van der Waals surface area contributed by atoms with Crippen molar-refractivity contribution in [3.8, 4) is 5.75 Å². The Labute approximate surface area is 104 Å². The first-order chi connectivity index (χ1) is 8.46. The summed E-state index contributed by atoms with van der Waals surface area (Å²) < 4.78 is 41.2. The third-order valence-corrected chi connectivity index (χ3v) is 2.99. The number of hydrogen-bond acceptors (Lipinski definition) is 2. The number of alkyl halides is 3. The van der Waals surface area contributed by atoms with Gasteiger partial charge in [-0.15, -0.1) is 0 Å². The number of hydrogen-bond donors (Lipinski definition) is 1. The Morgan fingerprint density at radius 2 is 2.00 bits per heavy atom. The molecular formula is C13H16F3NO. The van der Waals surface area contributed by atoms with Crippen molar-refractivity contribution in [1.29, 1.82) is 0 Å². The molecule has 1 N–H and O–H groups in total. The Bertz CT molecular complexity index is 401. The zero-order valence-corrected chi connectivity index (χ0v) is 10.1. The zero-order chi connectivity index (χ0) is 13.2. The van der Waals surface area contributed by atoms with Gasteiger partial charge in [0.2, 0.25) is 0 Å². The molecule has 1 aromatic rings. The summed E-state index contributed by atoms with van der Waals surface area (Å²) in [5.74, 6) is 0.878. The maximum atomic E-state index is 12.1. The number of ether oxygens (including phenoxy) is 1. The molecule has 18 heavy (non-hydrogen) atoms. The zero-order valence-electron chi connectivity index (χ0n) is 10.1. The smallest absolute Gasteiger partial charge is 0.422 e. The van der Waals surface area contributed by atoms with Gasteiger partial charge in [-0.05, 0) is 37.8 Å². The van der Waals surface area contributed by atoms with E-state index >= 15 is 0 Å².